The summed E-state index contributed by atoms with van der Waals surface area (Å²) in [6, 6.07) is 0. The lowest BCUT2D eigenvalue weighted by Crippen LogP contribution is -1.80. The molecule has 0 aliphatic rings. The van der Waals surface area contributed by atoms with Crippen molar-refractivity contribution in [1.82, 2.24) is 0 Å². The van der Waals surface area contributed by atoms with Gasteiger partial charge in [-0.2, -0.15) is 0 Å². The molecule has 42 valence electrons. The third kappa shape index (κ3) is 6.38. The van der Waals surface area contributed by atoms with Gasteiger partial charge in [0.1, 0.15) is 0 Å². The standard InChI is InChI=1S/C5H9ClS/c1-3-4-7-5(2)6/h3,5H,1,4H2,2H3. The summed E-state index contributed by atoms with van der Waals surface area (Å²) in [5, 5.41) is 0. The van der Waals surface area contributed by atoms with Crippen LogP contribution in [0.5, 0.6) is 0 Å². The van der Waals surface area contributed by atoms with E-state index in [0.29, 0.717) is 0 Å². The molecule has 0 spiro atoms. The molecule has 0 bridgehead atoms. The van der Waals surface area contributed by atoms with Gasteiger partial charge in [-0.15, -0.1) is 29.9 Å². The van der Waals surface area contributed by atoms with Crippen LogP contribution in [0.1, 0.15) is 6.92 Å². The fourth-order valence-corrected chi connectivity index (χ4v) is 0.820. The number of hydrogen-bond acceptors (Lipinski definition) is 1. The quantitative estimate of drug-likeness (QED) is 0.425. The number of rotatable bonds is 3. The number of alkyl halides is 1. The highest BCUT2D eigenvalue weighted by atomic mass is 35.5. The van der Waals surface area contributed by atoms with Gasteiger partial charge in [0.15, 0.2) is 0 Å². The van der Waals surface area contributed by atoms with Crippen molar-refractivity contribution in [2.45, 2.75) is 11.6 Å². The molecule has 2 heteroatoms. The van der Waals surface area contributed by atoms with E-state index in [1.54, 1.807) is 11.8 Å². The summed E-state index contributed by atoms with van der Waals surface area (Å²) < 4.78 is 0.220. The van der Waals surface area contributed by atoms with E-state index in [2.05, 4.69) is 6.58 Å². The molecular weight excluding hydrogens is 128 g/mol. The molecule has 0 aromatic carbocycles. The Morgan fingerprint density at radius 3 is 2.71 bits per heavy atom. The maximum absolute atomic E-state index is 5.57. The van der Waals surface area contributed by atoms with Crippen molar-refractivity contribution in [3.8, 4) is 0 Å². The van der Waals surface area contributed by atoms with Gasteiger partial charge in [0.05, 0.1) is 4.71 Å². The van der Waals surface area contributed by atoms with Gasteiger partial charge in [-0.1, -0.05) is 6.08 Å². The van der Waals surface area contributed by atoms with Crippen molar-refractivity contribution in [2.75, 3.05) is 5.75 Å². The fraction of sp³-hybridized carbons (Fsp3) is 0.600. The molecule has 0 radical (unpaired) electrons. The zero-order valence-corrected chi connectivity index (χ0v) is 5.93. The second kappa shape index (κ2) is 4.54. The normalized spacial score (nSPS) is 13.4. The molecule has 0 saturated carbocycles. The van der Waals surface area contributed by atoms with Crippen LogP contribution in [0.3, 0.4) is 0 Å². The van der Waals surface area contributed by atoms with Crippen molar-refractivity contribution in [1.29, 1.82) is 0 Å². The Morgan fingerprint density at radius 2 is 2.57 bits per heavy atom. The van der Waals surface area contributed by atoms with E-state index in [-0.39, 0.29) is 4.71 Å². The number of halogens is 1. The van der Waals surface area contributed by atoms with Crippen LogP contribution in [-0.4, -0.2) is 10.5 Å². The summed E-state index contributed by atoms with van der Waals surface area (Å²) in [7, 11) is 0. The largest absolute Gasteiger partial charge is 0.138 e. The van der Waals surface area contributed by atoms with Crippen LogP contribution in [0.15, 0.2) is 12.7 Å². The van der Waals surface area contributed by atoms with Crippen LogP contribution in [0.25, 0.3) is 0 Å². The summed E-state index contributed by atoms with van der Waals surface area (Å²) in [5.74, 6) is 0.949. The minimum Gasteiger partial charge on any atom is -0.138 e. The van der Waals surface area contributed by atoms with Gasteiger partial charge in [-0.05, 0) is 6.92 Å². The lowest BCUT2D eigenvalue weighted by atomic mass is 10.8. The van der Waals surface area contributed by atoms with E-state index in [9.17, 15) is 0 Å². The van der Waals surface area contributed by atoms with Crippen molar-refractivity contribution >= 4 is 23.4 Å². The van der Waals surface area contributed by atoms with E-state index >= 15 is 0 Å². The minimum absolute atomic E-state index is 0.220. The monoisotopic (exact) mass is 136 g/mol. The Hall–Kier alpha value is 0.380. The molecule has 0 heterocycles. The van der Waals surface area contributed by atoms with Crippen LogP contribution >= 0.6 is 23.4 Å². The molecule has 1 atom stereocenters. The first-order valence-electron chi connectivity index (χ1n) is 2.14. The molecule has 0 aromatic heterocycles. The van der Waals surface area contributed by atoms with Gasteiger partial charge in [-0.25, -0.2) is 0 Å². The van der Waals surface area contributed by atoms with Crippen molar-refractivity contribution < 1.29 is 0 Å². The van der Waals surface area contributed by atoms with Crippen molar-refractivity contribution in [3.63, 3.8) is 0 Å². The molecule has 0 rings (SSSR count). The fourth-order valence-electron chi connectivity index (χ4n) is 0.201. The smallest absolute Gasteiger partial charge is 0.0763 e. The third-order valence-electron chi connectivity index (χ3n) is 0.444. The van der Waals surface area contributed by atoms with Crippen LogP contribution in [0.2, 0.25) is 0 Å². The van der Waals surface area contributed by atoms with Crippen LogP contribution in [0.4, 0.5) is 0 Å². The van der Waals surface area contributed by atoms with Crippen LogP contribution in [0, 0.1) is 0 Å². The summed E-state index contributed by atoms with van der Waals surface area (Å²) in [5.41, 5.74) is 0. The van der Waals surface area contributed by atoms with Gasteiger partial charge >= 0.3 is 0 Å². The second-order valence-corrected chi connectivity index (χ2v) is 3.45. The highest BCUT2D eigenvalue weighted by Crippen LogP contribution is 2.12. The predicted octanol–water partition coefficient (Wildman–Crippen LogP) is 2.49. The predicted molar refractivity (Wildman–Crippen MR) is 38.0 cm³/mol. The second-order valence-electron chi connectivity index (χ2n) is 1.17. The van der Waals surface area contributed by atoms with Crippen LogP contribution < -0.4 is 0 Å². The number of thioether (sulfide) groups is 1. The summed E-state index contributed by atoms with van der Waals surface area (Å²) in [6.07, 6.45) is 1.85. The molecule has 0 nitrogen and oxygen atoms in total. The van der Waals surface area contributed by atoms with Crippen molar-refractivity contribution in [2.24, 2.45) is 0 Å². The molecule has 7 heavy (non-hydrogen) atoms. The van der Waals surface area contributed by atoms with E-state index in [1.165, 1.54) is 0 Å². The van der Waals surface area contributed by atoms with Gasteiger partial charge < -0.3 is 0 Å². The van der Waals surface area contributed by atoms with E-state index in [1.807, 2.05) is 13.0 Å². The molecule has 0 aliphatic heterocycles. The lowest BCUT2D eigenvalue weighted by molar-refractivity contribution is 1.40. The topological polar surface area (TPSA) is 0 Å². The average molecular weight is 137 g/mol. The van der Waals surface area contributed by atoms with E-state index in [4.69, 9.17) is 11.6 Å². The maximum atomic E-state index is 5.57. The Bertz CT molecular complexity index is 52.0. The molecule has 0 fully saturated rings. The Kier molecular flexibility index (Phi) is 4.78. The highest BCUT2D eigenvalue weighted by Gasteiger charge is 1.89. The molecule has 0 N–H and O–H groups in total. The van der Waals surface area contributed by atoms with Gasteiger partial charge in [0.2, 0.25) is 0 Å². The summed E-state index contributed by atoms with van der Waals surface area (Å²) in [6.45, 7) is 5.51. The van der Waals surface area contributed by atoms with Gasteiger partial charge in [0, 0.05) is 5.75 Å². The maximum Gasteiger partial charge on any atom is 0.0763 e. The van der Waals surface area contributed by atoms with Crippen molar-refractivity contribution in [3.05, 3.63) is 12.7 Å². The number of hydrogen-bond donors (Lipinski definition) is 0. The first-order valence-corrected chi connectivity index (χ1v) is 3.62. The average Bonchev–Trinajstić information content (AvgIpc) is 1.61. The lowest BCUT2D eigenvalue weighted by Gasteiger charge is -1.94. The molecule has 0 aromatic rings. The SMILES string of the molecule is C=CCSC(C)Cl. The third-order valence-corrected chi connectivity index (χ3v) is 1.71. The zero-order chi connectivity index (χ0) is 5.70. The Labute approximate surface area is 53.9 Å². The summed E-state index contributed by atoms with van der Waals surface area (Å²) >= 11 is 7.25. The van der Waals surface area contributed by atoms with Gasteiger partial charge in [0.25, 0.3) is 0 Å². The van der Waals surface area contributed by atoms with E-state index in [0.717, 1.165) is 5.75 Å². The first kappa shape index (κ1) is 7.38. The van der Waals surface area contributed by atoms with Crippen LogP contribution in [-0.2, 0) is 0 Å². The molecule has 0 aliphatic carbocycles. The Balaban J connectivity index is 2.81. The first-order chi connectivity index (χ1) is 3.27. The minimum atomic E-state index is 0.220. The molecule has 1 unspecified atom stereocenters. The molecular formula is C5H9ClS. The van der Waals surface area contributed by atoms with Gasteiger partial charge in [-0.3, -0.25) is 0 Å². The Morgan fingerprint density at radius 1 is 2.00 bits per heavy atom. The highest BCUT2D eigenvalue weighted by molar-refractivity contribution is 8.01. The van der Waals surface area contributed by atoms with E-state index < -0.39 is 0 Å². The molecule has 0 saturated heterocycles. The zero-order valence-electron chi connectivity index (χ0n) is 4.36. The summed E-state index contributed by atoms with van der Waals surface area (Å²) in [4.78, 5) is 0. The molecule has 0 amide bonds.